The van der Waals surface area contributed by atoms with E-state index in [-0.39, 0.29) is 30.5 Å². The van der Waals surface area contributed by atoms with E-state index in [0.717, 1.165) is 0 Å². The second kappa shape index (κ2) is 9.59. The van der Waals surface area contributed by atoms with Crippen molar-refractivity contribution in [3.05, 3.63) is 59.4 Å². The summed E-state index contributed by atoms with van der Waals surface area (Å²) in [5.41, 5.74) is 1.49. The molecule has 2 aromatic rings. The molecule has 7 nitrogen and oxygen atoms in total. The Morgan fingerprint density at radius 1 is 1.19 bits per heavy atom. The van der Waals surface area contributed by atoms with Crippen molar-refractivity contribution in [2.24, 2.45) is 0 Å². The van der Waals surface area contributed by atoms with Gasteiger partial charge in [0.15, 0.2) is 0 Å². The first kappa shape index (κ1) is 22.3. The maximum atomic E-state index is 13.6. The van der Waals surface area contributed by atoms with Gasteiger partial charge in [0.1, 0.15) is 11.6 Å². The number of carbonyl (C=O) groups is 3. The predicted molar refractivity (Wildman–Crippen MR) is 112 cm³/mol. The minimum atomic E-state index is -0.800. The molecule has 1 aliphatic rings. The number of rotatable bonds is 7. The van der Waals surface area contributed by atoms with E-state index in [1.165, 1.54) is 18.2 Å². The molecule has 2 N–H and O–H groups in total. The fourth-order valence-electron chi connectivity index (χ4n) is 3.51. The molecule has 164 valence electrons. The lowest BCUT2D eigenvalue weighted by atomic mass is 9.89. The number of hydrogen-bond acceptors (Lipinski definition) is 5. The van der Waals surface area contributed by atoms with Crippen LogP contribution in [0.5, 0.6) is 5.75 Å². The van der Waals surface area contributed by atoms with Crippen LogP contribution in [-0.2, 0) is 19.1 Å². The van der Waals surface area contributed by atoms with Crippen LogP contribution in [0.4, 0.5) is 10.1 Å². The van der Waals surface area contributed by atoms with E-state index in [1.54, 1.807) is 45.2 Å². The normalized spacial score (nSPS) is 16.2. The van der Waals surface area contributed by atoms with Gasteiger partial charge in [-0.3, -0.25) is 14.4 Å². The second-order valence-corrected chi connectivity index (χ2v) is 7.61. The molecule has 0 unspecified atom stereocenters. The molecule has 2 atom stereocenters. The number of benzene rings is 2. The number of amides is 2. The highest BCUT2D eigenvalue weighted by Crippen LogP contribution is 2.34. The Morgan fingerprint density at radius 3 is 2.55 bits per heavy atom. The number of halogens is 1. The molecule has 8 heteroatoms. The monoisotopic (exact) mass is 428 g/mol. The van der Waals surface area contributed by atoms with Crippen molar-refractivity contribution in [1.29, 1.82) is 0 Å². The van der Waals surface area contributed by atoms with Crippen LogP contribution >= 0.6 is 0 Å². The molecule has 31 heavy (non-hydrogen) atoms. The molecule has 0 spiro atoms. The molecule has 2 amide bonds. The maximum absolute atomic E-state index is 13.6. The molecule has 0 aliphatic carbocycles. The van der Waals surface area contributed by atoms with Crippen molar-refractivity contribution in [2.75, 3.05) is 12.4 Å². The van der Waals surface area contributed by atoms with Gasteiger partial charge in [-0.05, 0) is 49.2 Å². The first-order chi connectivity index (χ1) is 14.8. The zero-order valence-corrected chi connectivity index (χ0v) is 17.6. The largest absolute Gasteiger partial charge is 0.497 e. The van der Waals surface area contributed by atoms with Gasteiger partial charge in [-0.15, -0.1) is 0 Å². The van der Waals surface area contributed by atoms with Crippen LogP contribution in [0.3, 0.4) is 0 Å². The smallest absolute Gasteiger partial charge is 0.308 e. The van der Waals surface area contributed by atoms with E-state index in [4.69, 9.17) is 9.47 Å². The first-order valence-electron chi connectivity index (χ1n) is 10.00. The molecule has 1 aliphatic heterocycles. The molecular weight excluding hydrogens is 403 g/mol. The molecule has 0 fully saturated rings. The average Bonchev–Trinajstić information content (AvgIpc) is 2.71. The SMILES string of the molecule is COc1ccc([C@H](CC(=O)OC(C)C)NC(=O)[C@@H]2CC(=O)Nc3cc(F)ccc32)cc1. The lowest BCUT2D eigenvalue weighted by molar-refractivity contribution is -0.148. The molecule has 0 saturated carbocycles. The summed E-state index contributed by atoms with van der Waals surface area (Å²) in [5, 5.41) is 5.46. The quantitative estimate of drug-likeness (QED) is 0.659. The zero-order valence-electron chi connectivity index (χ0n) is 17.6. The van der Waals surface area contributed by atoms with Crippen LogP contribution in [0.15, 0.2) is 42.5 Å². The van der Waals surface area contributed by atoms with Gasteiger partial charge in [0.2, 0.25) is 11.8 Å². The fraction of sp³-hybridized carbons (Fsp3) is 0.348. The van der Waals surface area contributed by atoms with Gasteiger partial charge >= 0.3 is 5.97 Å². The molecule has 0 radical (unpaired) electrons. The average molecular weight is 428 g/mol. The molecule has 0 bridgehead atoms. The van der Waals surface area contributed by atoms with Crippen molar-refractivity contribution in [3.63, 3.8) is 0 Å². The lowest BCUT2D eigenvalue weighted by Crippen LogP contribution is -2.38. The summed E-state index contributed by atoms with van der Waals surface area (Å²) in [6.07, 6.45) is -0.440. The summed E-state index contributed by atoms with van der Waals surface area (Å²) in [7, 11) is 1.54. The number of carbonyl (C=O) groups excluding carboxylic acids is 3. The summed E-state index contributed by atoms with van der Waals surface area (Å²) in [5.74, 6) is -1.93. The fourth-order valence-corrected chi connectivity index (χ4v) is 3.51. The van der Waals surface area contributed by atoms with Gasteiger partial charge in [0, 0.05) is 12.1 Å². The highest BCUT2D eigenvalue weighted by atomic mass is 19.1. The summed E-state index contributed by atoms with van der Waals surface area (Å²) in [4.78, 5) is 37.5. The van der Waals surface area contributed by atoms with Gasteiger partial charge in [-0.1, -0.05) is 18.2 Å². The number of esters is 1. The number of nitrogens with one attached hydrogen (secondary N) is 2. The Bertz CT molecular complexity index is 974. The summed E-state index contributed by atoms with van der Waals surface area (Å²) < 4.78 is 24.0. The van der Waals surface area contributed by atoms with E-state index in [1.807, 2.05) is 0 Å². The van der Waals surface area contributed by atoms with Crippen molar-refractivity contribution in [3.8, 4) is 5.75 Å². The zero-order chi connectivity index (χ0) is 22.5. The standard InChI is InChI=1S/C23H25FN2O5/c1-13(2)31-22(28)12-19(14-4-7-16(30-3)8-5-14)26-23(29)18-11-21(27)25-20-10-15(24)6-9-17(18)20/h4-10,13,18-19H,11-12H2,1-3H3,(H,25,27)(H,26,29)/t18-,19+/m1/s1. The van der Waals surface area contributed by atoms with Crippen LogP contribution in [0.2, 0.25) is 0 Å². The first-order valence-corrected chi connectivity index (χ1v) is 10.00. The van der Waals surface area contributed by atoms with E-state index < -0.39 is 29.7 Å². The molecule has 1 heterocycles. The van der Waals surface area contributed by atoms with Gasteiger partial charge in [0.25, 0.3) is 0 Å². The third-order valence-corrected chi connectivity index (χ3v) is 4.94. The number of anilines is 1. The highest BCUT2D eigenvalue weighted by Gasteiger charge is 2.32. The van der Waals surface area contributed by atoms with Crippen molar-refractivity contribution in [2.45, 2.75) is 44.8 Å². The Hall–Kier alpha value is -3.42. The van der Waals surface area contributed by atoms with Crippen LogP contribution in [0, 0.1) is 5.82 Å². The summed E-state index contributed by atoms with van der Waals surface area (Å²) in [6, 6.07) is 10.2. The van der Waals surface area contributed by atoms with Gasteiger partial charge in [0.05, 0.1) is 31.6 Å². The molecule has 0 aromatic heterocycles. The molecule has 2 aromatic carbocycles. The minimum absolute atomic E-state index is 0.0732. The molecule has 3 rings (SSSR count). The number of methoxy groups -OCH3 is 1. The maximum Gasteiger partial charge on any atom is 0.308 e. The van der Waals surface area contributed by atoms with Crippen LogP contribution < -0.4 is 15.4 Å². The van der Waals surface area contributed by atoms with Crippen LogP contribution in [-0.4, -0.2) is 31.0 Å². The van der Waals surface area contributed by atoms with E-state index in [0.29, 0.717) is 16.9 Å². The second-order valence-electron chi connectivity index (χ2n) is 7.61. The Kier molecular flexibility index (Phi) is 6.89. The van der Waals surface area contributed by atoms with Crippen molar-refractivity contribution < 1.29 is 28.2 Å². The Morgan fingerprint density at radius 2 is 1.90 bits per heavy atom. The van der Waals surface area contributed by atoms with Crippen molar-refractivity contribution in [1.82, 2.24) is 5.32 Å². The van der Waals surface area contributed by atoms with Gasteiger partial charge in [-0.2, -0.15) is 0 Å². The van der Waals surface area contributed by atoms with Crippen LogP contribution in [0.1, 0.15) is 49.8 Å². The van der Waals surface area contributed by atoms with E-state index >= 15 is 0 Å². The van der Waals surface area contributed by atoms with Crippen molar-refractivity contribution >= 4 is 23.5 Å². The Balaban J connectivity index is 1.85. The van der Waals surface area contributed by atoms with E-state index in [9.17, 15) is 18.8 Å². The third-order valence-electron chi connectivity index (χ3n) is 4.94. The Labute approximate surface area is 179 Å². The van der Waals surface area contributed by atoms with Gasteiger partial charge in [-0.25, -0.2) is 4.39 Å². The third kappa shape index (κ3) is 5.59. The number of fused-ring (bicyclic) bond motifs is 1. The summed E-state index contributed by atoms with van der Waals surface area (Å²) in [6.45, 7) is 3.49. The topological polar surface area (TPSA) is 93.7 Å². The minimum Gasteiger partial charge on any atom is -0.497 e. The van der Waals surface area contributed by atoms with E-state index in [2.05, 4.69) is 10.6 Å². The van der Waals surface area contributed by atoms with Crippen LogP contribution in [0.25, 0.3) is 0 Å². The molecule has 0 saturated heterocycles. The predicted octanol–water partition coefficient (Wildman–Crippen LogP) is 3.46. The van der Waals surface area contributed by atoms with Gasteiger partial charge < -0.3 is 20.1 Å². The number of ether oxygens (including phenoxy) is 2. The summed E-state index contributed by atoms with van der Waals surface area (Å²) >= 11 is 0. The lowest BCUT2D eigenvalue weighted by Gasteiger charge is -2.27. The highest BCUT2D eigenvalue weighted by molar-refractivity contribution is 6.01. The number of hydrogen-bond donors (Lipinski definition) is 2. The molecular formula is C23H25FN2O5.